The minimum atomic E-state index is -3.97. The lowest BCUT2D eigenvalue weighted by atomic mass is 9.82. The van der Waals surface area contributed by atoms with Crippen LogP contribution in [0, 0.1) is 10.8 Å². The second-order valence-corrected chi connectivity index (χ2v) is 11.4. The first-order chi connectivity index (χ1) is 12.8. The zero-order valence-electron chi connectivity index (χ0n) is 17.5. The number of hydrogen-bond acceptors (Lipinski definition) is 8. The second-order valence-electron chi connectivity index (χ2n) is 9.04. The molecule has 10 heteroatoms. The van der Waals surface area contributed by atoms with Crippen LogP contribution in [0.1, 0.15) is 79.1 Å². The van der Waals surface area contributed by atoms with Crippen LogP contribution in [-0.2, 0) is 19.5 Å². The van der Waals surface area contributed by atoms with Crippen LogP contribution in [0.3, 0.4) is 0 Å². The Labute approximate surface area is 173 Å². The van der Waals surface area contributed by atoms with E-state index in [1.165, 1.54) is 0 Å². The summed E-state index contributed by atoms with van der Waals surface area (Å²) in [6.07, 6.45) is 3.80. The van der Waals surface area contributed by atoms with E-state index in [2.05, 4.69) is 23.2 Å². The zero-order valence-corrected chi connectivity index (χ0v) is 19.1. The molecule has 0 radical (unpaired) electrons. The van der Waals surface area contributed by atoms with E-state index >= 15 is 0 Å². The normalized spacial score (nSPS) is 15.6. The van der Waals surface area contributed by atoms with Crippen LogP contribution in [0.4, 0.5) is 0 Å². The van der Waals surface area contributed by atoms with Crippen molar-refractivity contribution in [3.05, 3.63) is 0 Å². The Morgan fingerprint density at radius 1 is 0.857 bits per heavy atom. The third-order valence-electron chi connectivity index (χ3n) is 5.12. The summed E-state index contributed by atoms with van der Waals surface area (Å²) in [7, 11) is -3.97. The molecule has 0 aromatic carbocycles. The van der Waals surface area contributed by atoms with Crippen molar-refractivity contribution in [3.8, 4) is 0 Å². The van der Waals surface area contributed by atoms with Gasteiger partial charge in [-0.05, 0) is 62.2 Å². The van der Waals surface area contributed by atoms with Crippen molar-refractivity contribution in [2.45, 2.75) is 91.3 Å². The predicted octanol–water partition coefficient (Wildman–Crippen LogP) is 3.84. The Kier molecular flexibility index (Phi) is 13.4. The van der Waals surface area contributed by atoms with Crippen LogP contribution in [0.15, 0.2) is 0 Å². The molecule has 0 heterocycles. The van der Waals surface area contributed by atoms with Gasteiger partial charge in [-0.15, -0.1) is 4.33 Å². The summed E-state index contributed by atoms with van der Waals surface area (Å²) in [5.41, 5.74) is -0.273. The molecule has 0 rings (SSSR count). The van der Waals surface area contributed by atoms with Gasteiger partial charge in [-0.1, -0.05) is 32.7 Å². The largest absolute Gasteiger partial charge is 0.393 e. The van der Waals surface area contributed by atoms with E-state index in [4.69, 9.17) is 9.81 Å². The Morgan fingerprint density at radius 3 is 1.75 bits per heavy atom. The number of aliphatic hydroxyl groups is 2. The van der Waals surface area contributed by atoms with Gasteiger partial charge in [0.1, 0.15) is 0 Å². The molecular weight excluding hydrogens is 408 g/mol. The molecule has 170 valence electrons. The molecular formula is C18H38O8S2. The molecule has 0 saturated heterocycles. The van der Waals surface area contributed by atoms with Crippen LogP contribution in [0.25, 0.3) is 0 Å². The molecule has 0 saturated carbocycles. The Balaban J connectivity index is 4.03. The molecule has 0 aliphatic heterocycles. The topological polar surface area (TPSA) is 134 Å². The maximum atomic E-state index is 10.9. The monoisotopic (exact) mass is 446 g/mol. The van der Waals surface area contributed by atoms with Crippen LogP contribution >= 0.6 is 12.0 Å². The summed E-state index contributed by atoms with van der Waals surface area (Å²) >= 11 is 1.03. The summed E-state index contributed by atoms with van der Waals surface area (Å²) in [5, 5.41) is 32.0. The van der Waals surface area contributed by atoms with Gasteiger partial charge in [0.05, 0.1) is 18.0 Å². The van der Waals surface area contributed by atoms with Gasteiger partial charge in [0.2, 0.25) is 0 Å². The van der Waals surface area contributed by atoms with Crippen molar-refractivity contribution >= 4 is 22.2 Å². The summed E-state index contributed by atoms with van der Waals surface area (Å²) in [6, 6.07) is 0. The van der Waals surface area contributed by atoms with Crippen molar-refractivity contribution < 1.29 is 37.8 Å². The molecule has 28 heavy (non-hydrogen) atoms. The maximum Gasteiger partial charge on any atom is 0.264 e. The standard InChI is InChI=1S/C18H38O8S2/c1-17(2,11-13-27-26-25-21)9-7-15(19)5-6-16(20)8-10-18(3,4)12-14-28(22,23)24/h15-16,19-21H,5-14H2,1-4H3,(H,22,23,24). The highest BCUT2D eigenvalue weighted by molar-refractivity contribution is 7.94. The van der Waals surface area contributed by atoms with Gasteiger partial charge in [0, 0.05) is 17.8 Å². The van der Waals surface area contributed by atoms with Crippen LogP contribution in [0.5, 0.6) is 0 Å². The molecule has 0 aromatic rings. The second kappa shape index (κ2) is 13.4. The van der Waals surface area contributed by atoms with Crippen molar-refractivity contribution in [1.29, 1.82) is 0 Å². The summed E-state index contributed by atoms with van der Waals surface area (Å²) in [4.78, 5) is 0. The molecule has 4 N–H and O–H groups in total. The minimum absolute atomic E-state index is 0.0163. The van der Waals surface area contributed by atoms with E-state index in [9.17, 15) is 18.6 Å². The molecule has 0 bridgehead atoms. The molecule has 0 aromatic heterocycles. The lowest BCUT2D eigenvalue weighted by Gasteiger charge is -2.26. The molecule has 2 atom stereocenters. The molecule has 8 nitrogen and oxygen atoms in total. The fourth-order valence-corrected chi connectivity index (χ4v) is 4.37. The number of aliphatic hydroxyl groups excluding tert-OH is 2. The highest BCUT2D eigenvalue weighted by Gasteiger charge is 2.23. The zero-order chi connectivity index (χ0) is 21.8. The first-order valence-corrected chi connectivity index (χ1v) is 12.2. The van der Waals surface area contributed by atoms with E-state index in [0.717, 1.165) is 24.9 Å². The van der Waals surface area contributed by atoms with E-state index in [1.807, 2.05) is 13.8 Å². The first-order valence-electron chi connectivity index (χ1n) is 9.67. The molecule has 2 unspecified atom stereocenters. The van der Waals surface area contributed by atoms with Crippen LogP contribution in [-0.4, -0.2) is 52.2 Å². The van der Waals surface area contributed by atoms with Crippen LogP contribution < -0.4 is 0 Å². The lowest BCUT2D eigenvalue weighted by molar-refractivity contribution is -0.432. The van der Waals surface area contributed by atoms with E-state index in [0.29, 0.717) is 44.3 Å². The van der Waals surface area contributed by atoms with Crippen LogP contribution in [0.2, 0.25) is 0 Å². The highest BCUT2D eigenvalue weighted by atomic mass is 32.2. The average molecular weight is 447 g/mol. The summed E-state index contributed by atoms with van der Waals surface area (Å²) < 4.78 is 34.9. The third-order valence-corrected chi connectivity index (χ3v) is 6.37. The van der Waals surface area contributed by atoms with Crippen molar-refractivity contribution in [1.82, 2.24) is 0 Å². The third kappa shape index (κ3) is 17.0. The minimum Gasteiger partial charge on any atom is -0.393 e. The molecule has 0 aliphatic rings. The first kappa shape index (κ1) is 28.1. The summed E-state index contributed by atoms with van der Waals surface area (Å²) in [5.74, 6) is 0.387. The molecule has 0 spiro atoms. The lowest BCUT2D eigenvalue weighted by Crippen LogP contribution is -2.21. The van der Waals surface area contributed by atoms with Gasteiger partial charge in [-0.2, -0.15) is 8.42 Å². The number of rotatable bonds is 17. The molecule has 0 fully saturated rings. The Bertz CT molecular complexity index is 508. The van der Waals surface area contributed by atoms with Gasteiger partial charge in [-0.3, -0.25) is 4.55 Å². The van der Waals surface area contributed by atoms with E-state index < -0.39 is 22.3 Å². The SMILES string of the molecule is CC(C)(CCSOOO)CCC(O)CCC(O)CCC(C)(C)CCS(=O)(=O)O. The van der Waals surface area contributed by atoms with Gasteiger partial charge in [-0.25, -0.2) is 5.26 Å². The smallest absolute Gasteiger partial charge is 0.264 e. The van der Waals surface area contributed by atoms with Crippen molar-refractivity contribution in [2.24, 2.45) is 10.8 Å². The predicted molar refractivity (Wildman–Crippen MR) is 110 cm³/mol. The molecule has 0 aliphatic carbocycles. The fraction of sp³-hybridized carbons (Fsp3) is 1.00. The van der Waals surface area contributed by atoms with Crippen molar-refractivity contribution in [3.63, 3.8) is 0 Å². The van der Waals surface area contributed by atoms with Gasteiger partial charge in [0.25, 0.3) is 10.1 Å². The fourth-order valence-electron chi connectivity index (χ4n) is 2.82. The van der Waals surface area contributed by atoms with E-state index in [-0.39, 0.29) is 16.6 Å². The Hall–Kier alpha value is 0.0600. The Morgan fingerprint density at radius 2 is 1.32 bits per heavy atom. The van der Waals surface area contributed by atoms with E-state index in [1.54, 1.807) is 0 Å². The van der Waals surface area contributed by atoms with Gasteiger partial charge < -0.3 is 10.2 Å². The molecule has 0 amide bonds. The van der Waals surface area contributed by atoms with Gasteiger partial charge in [0.15, 0.2) is 0 Å². The quantitative estimate of drug-likeness (QED) is 0.0864. The summed E-state index contributed by atoms with van der Waals surface area (Å²) in [6.45, 7) is 8.03. The number of hydrogen-bond donors (Lipinski definition) is 4. The maximum absolute atomic E-state index is 10.9. The van der Waals surface area contributed by atoms with Gasteiger partial charge >= 0.3 is 0 Å². The van der Waals surface area contributed by atoms with Crippen molar-refractivity contribution in [2.75, 3.05) is 11.5 Å². The average Bonchev–Trinajstić information content (AvgIpc) is 2.58. The highest BCUT2D eigenvalue weighted by Crippen LogP contribution is 2.31.